The van der Waals surface area contributed by atoms with Crippen LogP contribution in [-0.2, 0) is 7.05 Å². The van der Waals surface area contributed by atoms with E-state index in [4.69, 9.17) is 9.47 Å². The summed E-state index contributed by atoms with van der Waals surface area (Å²) in [5.74, 6) is -0.0168. The largest absolute Gasteiger partial charge is 0.490 e. The molecule has 0 fully saturated rings. The maximum absolute atomic E-state index is 13.4. The summed E-state index contributed by atoms with van der Waals surface area (Å²) in [5, 5.41) is 6.94. The van der Waals surface area contributed by atoms with E-state index in [1.165, 1.54) is 17.9 Å². The zero-order chi connectivity index (χ0) is 16.8. The van der Waals surface area contributed by atoms with Crippen LogP contribution in [0.1, 0.15) is 22.5 Å². The Morgan fingerprint density at radius 3 is 2.83 bits per heavy atom. The standard InChI is InChI=1S/C16H20FN3O3/c1-11-14(16(22-3)20(2)19-11)15(21)18-9-6-10-23-13-8-5-4-7-12(13)17/h4-5,7-8H,6,9-10H2,1-3H3,(H,18,21). The molecule has 6 nitrogen and oxygen atoms in total. The second kappa shape index (κ2) is 7.62. The van der Waals surface area contributed by atoms with E-state index in [2.05, 4.69) is 10.4 Å². The summed E-state index contributed by atoms with van der Waals surface area (Å²) in [4.78, 5) is 12.2. The molecular formula is C16H20FN3O3. The van der Waals surface area contributed by atoms with Gasteiger partial charge in [-0.05, 0) is 25.5 Å². The lowest BCUT2D eigenvalue weighted by Crippen LogP contribution is -2.26. The molecular weight excluding hydrogens is 301 g/mol. The number of halogens is 1. The number of hydrogen-bond donors (Lipinski definition) is 1. The molecule has 7 heteroatoms. The minimum atomic E-state index is -0.396. The fraction of sp³-hybridized carbons (Fsp3) is 0.375. The zero-order valence-corrected chi connectivity index (χ0v) is 13.4. The molecule has 1 heterocycles. The van der Waals surface area contributed by atoms with E-state index in [1.54, 1.807) is 32.2 Å². The second-order valence-electron chi connectivity index (χ2n) is 4.98. The lowest BCUT2D eigenvalue weighted by atomic mass is 10.2. The third kappa shape index (κ3) is 4.00. The number of methoxy groups -OCH3 is 1. The van der Waals surface area contributed by atoms with Crippen LogP contribution >= 0.6 is 0 Å². The van der Waals surface area contributed by atoms with Gasteiger partial charge in [0.25, 0.3) is 5.91 Å². The topological polar surface area (TPSA) is 65.4 Å². The minimum absolute atomic E-state index is 0.212. The summed E-state index contributed by atoms with van der Waals surface area (Å²) in [6, 6.07) is 6.22. The van der Waals surface area contributed by atoms with E-state index in [9.17, 15) is 9.18 Å². The number of para-hydroxylation sites is 1. The van der Waals surface area contributed by atoms with E-state index < -0.39 is 5.82 Å². The average molecular weight is 321 g/mol. The summed E-state index contributed by atoms with van der Waals surface area (Å²) in [5.41, 5.74) is 1.02. The lowest BCUT2D eigenvalue weighted by Gasteiger charge is -2.08. The lowest BCUT2D eigenvalue weighted by molar-refractivity contribution is 0.0947. The number of rotatable bonds is 7. The number of amides is 1. The summed E-state index contributed by atoms with van der Waals surface area (Å²) >= 11 is 0. The highest BCUT2D eigenvalue weighted by Crippen LogP contribution is 2.20. The van der Waals surface area contributed by atoms with Crippen LogP contribution < -0.4 is 14.8 Å². The number of aryl methyl sites for hydroxylation is 2. The van der Waals surface area contributed by atoms with Gasteiger partial charge in [-0.25, -0.2) is 9.07 Å². The highest BCUT2D eigenvalue weighted by Gasteiger charge is 2.20. The van der Waals surface area contributed by atoms with Gasteiger partial charge in [0.1, 0.15) is 5.56 Å². The summed E-state index contributed by atoms with van der Waals surface area (Å²) in [6.45, 7) is 2.47. The first kappa shape index (κ1) is 16.8. The monoisotopic (exact) mass is 321 g/mol. The number of nitrogens with one attached hydrogen (secondary N) is 1. The van der Waals surface area contributed by atoms with Gasteiger partial charge in [0.2, 0.25) is 5.88 Å². The Morgan fingerprint density at radius 1 is 1.39 bits per heavy atom. The molecule has 1 aromatic carbocycles. The Balaban J connectivity index is 1.81. The predicted molar refractivity (Wildman–Crippen MR) is 83.3 cm³/mol. The molecule has 0 bridgehead atoms. The first-order valence-corrected chi connectivity index (χ1v) is 7.27. The zero-order valence-electron chi connectivity index (χ0n) is 13.4. The maximum atomic E-state index is 13.4. The minimum Gasteiger partial charge on any atom is -0.490 e. The van der Waals surface area contributed by atoms with Gasteiger partial charge in [0, 0.05) is 13.6 Å². The third-order valence-electron chi connectivity index (χ3n) is 3.29. The number of hydrogen-bond acceptors (Lipinski definition) is 4. The van der Waals surface area contributed by atoms with Crippen LogP contribution in [0.2, 0.25) is 0 Å². The van der Waals surface area contributed by atoms with E-state index in [1.807, 2.05) is 0 Å². The van der Waals surface area contributed by atoms with Crippen molar-refractivity contribution in [1.29, 1.82) is 0 Å². The molecule has 0 atom stereocenters. The van der Waals surface area contributed by atoms with Gasteiger partial charge in [0.15, 0.2) is 11.6 Å². The predicted octanol–water partition coefficient (Wildman–Crippen LogP) is 2.08. The van der Waals surface area contributed by atoms with Crippen molar-refractivity contribution in [3.05, 3.63) is 41.3 Å². The van der Waals surface area contributed by atoms with Crippen LogP contribution in [0.3, 0.4) is 0 Å². The van der Waals surface area contributed by atoms with Crippen molar-refractivity contribution >= 4 is 5.91 Å². The molecule has 2 aromatic rings. The molecule has 2 rings (SSSR count). The van der Waals surface area contributed by atoms with Crippen molar-refractivity contribution in [3.63, 3.8) is 0 Å². The van der Waals surface area contributed by atoms with E-state index >= 15 is 0 Å². The van der Waals surface area contributed by atoms with Crippen molar-refractivity contribution in [2.45, 2.75) is 13.3 Å². The molecule has 0 aliphatic heterocycles. The molecule has 0 spiro atoms. The van der Waals surface area contributed by atoms with E-state index in [0.29, 0.717) is 36.7 Å². The van der Waals surface area contributed by atoms with Crippen LogP contribution in [-0.4, -0.2) is 35.9 Å². The SMILES string of the molecule is COc1c(C(=O)NCCCOc2ccccc2F)c(C)nn1C. The molecule has 0 saturated carbocycles. The van der Waals surface area contributed by atoms with Gasteiger partial charge < -0.3 is 14.8 Å². The molecule has 0 saturated heterocycles. The van der Waals surface area contributed by atoms with E-state index in [-0.39, 0.29) is 11.7 Å². The second-order valence-corrected chi connectivity index (χ2v) is 4.98. The highest BCUT2D eigenvalue weighted by atomic mass is 19.1. The number of nitrogens with zero attached hydrogens (tertiary/aromatic N) is 2. The Morgan fingerprint density at radius 2 is 2.13 bits per heavy atom. The smallest absolute Gasteiger partial charge is 0.258 e. The molecule has 1 amide bonds. The van der Waals surface area contributed by atoms with Crippen LogP contribution in [0.15, 0.2) is 24.3 Å². The van der Waals surface area contributed by atoms with Crippen LogP contribution in [0, 0.1) is 12.7 Å². The van der Waals surface area contributed by atoms with E-state index in [0.717, 1.165) is 0 Å². The quantitative estimate of drug-likeness (QED) is 0.793. The molecule has 0 aliphatic rings. The molecule has 1 N–H and O–H groups in total. The van der Waals surface area contributed by atoms with Gasteiger partial charge in [-0.1, -0.05) is 12.1 Å². The van der Waals surface area contributed by atoms with Crippen LogP contribution in [0.4, 0.5) is 4.39 Å². The number of aromatic nitrogens is 2. The first-order chi connectivity index (χ1) is 11.0. The highest BCUT2D eigenvalue weighted by molar-refractivity contribution is 5.97. The van der Waals surface area contributed by atoms with Gasteiger partial charge >= 0.3 is 0 Å². The number of ether oxygens (including phenoxy) is 2. The molecule has 1 aromatic heterocycles. The van der Waals surface area contributed by atoms with Gasteiger partial charge in [-0.15, -0.1) is 0 Å². The number of carbonyl (C=O) groups is 1. The van der Waals surface area contributed by atoms with Crippen LogP contribution in [0.5, 0.6) is 11.6 Å². The maximum Gasteiger partial charge on any atom is 0.258 e. The van der Waals surface area contributed by atoms with Crippen molar-refractivity contribution in [2.24, 2.45) is 7.05 Å². The molecule has 0 radical (unpaired) electrons. The van der Waals surface area contributed by atoms with Crippen LogP contribution in [0.25, 0.3) is 0 Å². The third-order valence-corrected chi connectivity index (χ3v) is 3.29. The fourth-order valence-electron chi connectivity index (χ4n) is 2.24. The Bertz CT molecular complexity index is 685. The summed E-state index contributed by atoms with van der Waals surface area (Å²) < 4.78 is 25.4. The Kier molecular flexibility index (Phi) is 5.56. The number of carbonyl (C=O) groups excluding carboxylic acids is 1. The molecule has 124 valence electrons. The Hall–Kier alpha value is -2.57. The van der Waals surface area contributed by atoms with Crippen molar-refractivity contribution in [1.82, 2.24) is 15.1 Å². The summed E-state index contributed by atoms with van der Waals surface area (Å²) in [7, 11) is 3.21. The molecule has 0 unspecified atom stereocenters. The van der Waals surface area contributed by atoms with Crippen molar-refractivity contribution in [3.8, 4) is 11.6 Å². The average Bonchev–Trinajstić information content (AvgIpc) is 2.82. The number of benzene rings is 1. The van der Waals surface area contributed by atoms with Crippen molar-refractivity contribution < 1.29 is 18.7 Å². The van der Waals surface area contributed by atoms with Gasteiger partial charge in [-0.3, -0.25) is 4.79 Å². The van der Waals surface area contributed by atoms with Crippen molar-refractivity contribution in [2.75, 3.05) is 20.3 Å². The van der Waals surface area contributed by atoms with Gasteiger partial charge in [-0.2, -0.15) is 5.10 Å². The summed E-state index contributed by atoms with van der Waals surface area (Å²) in [6.07, 6.45) is 0.557. The normalized spacial score (nSPS) is 10.4. The molecule has 0 aliphatic carbocycles. The van der Waals surface area contributed by atoms with Gasteiger partial charge in [0.05, 0.1) is 19.4 Å². The fourth-order valence-corrected chi connectivity index (χ4v) is 2.24. The first-order valence-electron chi connectivity index (χ1n) is 7.27. The molecule has 23 heavy (non-hydrogen) atoms. The Labute approximate surface area is 134 Å².